The Hall–Kier alpha value is -3.39. The number of nitrogens with one attached hydrogen (secondary N) is 2. The second-order valence-electron chi connectivity index (χ2n) is 9.36. The summed E-state index contributed by atoms with van der Waals surface area (Å²) in [6.45, 7) is 8.83. The van der Waals surface area contributed by atoms with Gasteiger partial charge in [0.15, 0.2) is 5.78 Å². The monoisotopic (exact) mass is 447 g/mol. The zero-order valence-electron chi connectivity index (χ0n) is 19.0. The highest BCUT2D eigenvalue weighted by molar-refractivity contribution is 6.09. The van der Waals surface area contributed by atoms with Crippen molar-refractivity contribution in [3.05, 3.63) is 52.7 Å². The maximum atomic E-state index is 13.4. The van der Waals surface area contributed by atoms with E-state index in [-0.39, 0.29) is 28.9 Å². The van der Waals surface area contributed by atoms with Gasteiger partial charge in [0, 0.05) is 62.8 Å². The summed E-state index contributed by atoms with van der Waals surface area (Å²) in [6, 6.07) is 9.48. The Balaban J connectivity index is 1.40. The lowest BCUT2D eigenvalue weighted by Crippen LogP contribution is -2.43. The van der Waals surface area contributed by atoms with Crippen LogP contribution in [0.1, 0.15) is 52.2 Å². The number of H-pyrrole nitrogens is 1. The fraction of sp³-hybridized carbons (Fsp3) is 0.400. The minimum atomic E-state index is -0.252. The van der Waals surface area contributed by atoms with Gasteiger partial charge < -0.3 is 20.2 Å². The number of carbonyl (C=O) groups is 2. The van der Waals surface area contributed by atoms with Crippen LogP contribution in [0, 0.1) is 5.92 Å². The SMILES string of the molecule is CC(C)CC(=O)c1n[nH]c2cc(O)c(C(=O)N3Cc4ccc(N5CCNCC5)cc4C3)cc12. The van der Waals surface area contributed by atoms with Gasteiger partial charge in [-0.3, -0.25) is 14.7 Å². The molecule has 0 unspecified atom stereocenters. The van der Waals surface area contributed by atoms with E-state index in [1.807, 2.05) is 13.8 Å². The van der Waals surface area contributed by atoms with Crippen LogP contribution < -0.4 is 10.2 Å². The Bertz CT molecular complexity index is 1230. The number of aromatic hydroxyl groups is 1. The van der Waals surface area contributed by atoms with E-state index in [1.54, 1.807) is 11.0 Å². The molecular weight excluding hydrogens is 418 g/mol. The fourth-order valence-electron chi connectivity index (χ4n) is 4.72. The van der Waals surface area contributed by atoms with Crippen molar-refractivity contribution < 1.29 is 14.7 Å². The summed E-state index contributed by atoms with van der Waals surface area (Å²) in [7, 11) is 0. The van der Waals surface area contributed by atoms with Crippen LogP contribution in [0.15, 0.2) is 30.3 Å². The average Bonchev–Trinajstić information content (AvgIpc) is 3.41. The van der Waals surface area contributed by atoms with E-state index < -0.39 is 0 Å². The number of Topliss-reactive ketones (excluding diaryl/α,β-unsaturated/α-hetero) is 1. The van der Waals surface area contributed by atoms with E-state index in [1.165, 1.54) is 11.8 Å². The lowest BCUT2D eigenvalue weighted by atomic mass is 10.0. The van der Waals surface area contributed by atoms with Crippen LogP contribution in [0.4, 0.5) is 5.69 Å². The van der Waals surface area contributed by atoms with Crippen molar-refractivity contribution in [1.82, 2.24) is 20.4 Å². The molecule has 1 amide bonds. The standard InChI is InChI=1S/C25H29N5O3/c1-15(2)9-23(32)24-19-11-20(22(31)12-21(19)27-28-24)25(33)30-13-16-3-4-18(10-17(16)14-30)29-7-5-26-6-8-29/h3-4,10-12,15,26,31H,5-9,13-14H2,1-2H3,(H,27,28). The van der Waals surface area contributed by atoms with Gasteiger partial charge in [0.1, 0.15) is 11.4 Å². The van der Waals surface area contributed by atoms with Crippen molar-refractivity contribution in [2.24, 2.45) is 5.92 Å². The zero-order valence-corrected chi connectivity index (χ0v) is 19.0. The van der Waals surface area contributed by atoms with E-state index in [9.17, 15) is 14.7 Å². The molecule has 3 N–H and O–H groups in total. The van der Waals surface area contributed by atoms with Crippen LogP contribution in [-0.2, 0) is 13.1 Å². The number of aromatic amines is 1. The van der Waals surface area contributed by atoms with Crippen molar-refractivity contribution in [2.45, 2.75) is 33.4 Å². The van der Waals surface area contributed by atoms with Gasteiger partial charge in [-0.2, -0.15) is 5.10 Å². The van der Waals surface area contributed by atoms with Crippen LogP contribution in [0.3, 0.4) is 0 Å². The predicted molar refractivity (Wildman–Crippen MR) is 127 cm³/mol. The number of ketones is 1. The molecule has 0 saturated carbocycles. The predicted octanol–water partition coefficient (Wildman–Crippen LogP) is 3.06. The van der Waals surface area contributed by atoms with E-state index in [2.05, 4.69) is 38.6 Å². The normalized spacial score (nSPS) is 16.0. The van der Waals surface area contributed by atoms with Crippen LogP contribution in [0.5, 0.6) is 5.75 Å². The summed E-state index contributed by atoms with van der Waals surface area (Å²) in [5, 5.41) is 21.5. The third kappa shape index (κ3) is 4.06. The lowest BCUT2D eigenvalue weighted by Gasteiger charge is -2.29. The first kappa shape index (κ1) is 21.5. The highest BCUT2D eigenvalue weighted by Crippen LogP contribution is 2.32. The largest absolute Gasteiger partial charge is 0.507 e. The minimum Gasteiger partial charge on any atom is -0.507 e. The number of anilines is 1. The molecule has 0 spiro atoms. The molecule has 5 rings (SSSR count). The molecule has 1 fully saturated rings. The molecule has 8 nitrogen and oxygen atoms in total. The first-order chi connectivity index (χ1) is 15.9. The van der Waals surface area contributed by atoms with Crippen LogP contribution in [0.2, 0.25) is 0 Å². The molecule has 1 aromatic heterocycles. The first-order valence-electron chi connectivity index (χ1n) is 11.5. The number of aromatic nitrogens is 2. The number of amides is 1. The summed E-state index contributed by atoms with van der Waals surface area (Å²) in [4.78, 5) is 30.1. The maximum Gasteiger partial charge on any atom is 0.258 e. The minimum absolute atomic E-state index is 0.0747. The number of nitrogens with zero attached hydrogens (tertiary/aromatic N) is 3. The number of hydrogen-bond acceptors (Lipinski definition) is 6. The van der Waals surface area contributed by atoms with Gasteiger partial charge >= 0.3 is 0 Å². The van der Waals surface area contributed by atoms with Gasteiger partial charge in [0.25, 0.3) is 5.91 Å². The van der Waals surface area contributed by atoms with Crippen molar-refractivity contribution in [1.29, 1.82) is 0 Å². The summed E-state index contributed by atoms with van der Waals surface area (Å²) < 4.78 is 0. The van der Waals surface area contributed by atoms with E-state index >= 15 is 0 Å². The number of piperazine rings is 1. The first-order valence-corrected chi connectivity index (χ1v) is 11.5. The van der Waals surface area contributed by atoms with Crippen LogP contribution in [-0.4, -0.2) is 58.1 Å². The highest BCUT2D eigenvalue weighted by Gasteiger charge is 2.28. The molecule has 33 heavy (non-hydrogen) atoms. The Labute approximate surface area is 192 Å². The molecule has 8 heteroatoms. The van der Waals surface area contributed by atoms with Crippen molar-refractivity contribution in [3.63, 3.8) is 0 Å². The molecular formula is C25H29N5O3. The molecule has 2 aromatic carbocycles. The van der Waals surface area contributed by atoms with Crippen molar-refractivity contribution in [3.8, 4) is 5.75 Å². The van der Waals surface area contributed by atoms with Gasteiger partial charge in [0.2, 0.25) is 0 Å². The highest BCUT2D eigenvalue weighted by atomic mass is 16.3. The molecule has 0 atom stereocenters. The van der Waals surface area contributed by atoms with E-state index in [0.29, 0.717) is 36.1 Å². The molecule has 0 bridgehead atoms. The molecule has 172 valence electrons. The Morgan fingerprint density at radius 3 is 2.61 bits per heavy atom. The van der Waals surface area contributed by atoms with Gasteiger partial charge in [-0.25, -0.2) is 0 Å². The lowest BCUT2D eigenvalue weighted by molar-refractivity contribution is 0.0748. The van der Waals surface area contributed by atoms with Crippen LogP contribution >= 0.6 is 0 Å². The van der Waals surface area contributed by atoms with Gasteiger partial charge in [-0.1, -0.05) is 19.9 Å². The number of phenolic OH excluding ortho intramolecular Hbond substituents is 1. The topological polar surface area (TPSA) is 102 Å². The number of rotatable bonds is 5. The van der Waals surface area contributed by atoms with Gasteiger partial charge in [-0.05, 0) is 35.2 Å². The third-order valence-electron chi connectivity index (χ3n) is 6.45. The quantitative estimate of drug-likeness (QED) is 0.520. The third-order valence-corrected chi connectivity index (χ3v) is 6.45. The summed E-state index contributed by atoms with van der Waals surface area (Å²) >= 11 is 0. The molecule has 2 aliphatic rings. The number of fused-ring (bicyclic) bond motifs is 2. The molecule has 0 aliphatic carbocycles. The molecule has 3 aromatic rings. The Kier molecular flexibility index (Phi) is 5.54. The second-order valence-corrected chi connectivity index (χ2v) is 9.36. The maximum absolute atomic E-state index is 13.4. The molecule has 0 radical (unpaired) electrons. The Morgan fingerprint density at radius 1 is 1.09 bits per heavy atom. The van der Waals surface area contributed by atoms with E-state index in [4.69, 9.17) is 0 Å². The number of hydrogen-bond donors (Lipinski definition) is 3. The molecule has 1 saturated heterocycles. The van der Waals surface area contributed by atoms with Gasteiger partial charge in [-0.15, -0.1) is 0 Å². The number of carbonyl (C=O) groups excluding carboxylic acids is 2. The van der Waals surface area contributed by atoms with Crippen LogP contribution in [0.25, 0.3) is 10.9 Å². The van der Waals surface area contributed by atoms with Gasteiger partial charge in [0.05, 0.1) is 11.1 Å². The summed E-state index contributed by atoms with van der Waals surface area (Å²) in [5.74, 6) is -0.236. The zero-order chi connectivity index (χ0) is 23.1. The van der Waals surface area contributed by atoms with E-state index in [0.717, 1.165) is 37.3 Å². The van der Waals surface area contributed by atoms with Crippen molar-refractivity contribution >= 4 is 28.3 Å². The average molecular weight is 448 g/mol. The second kappa shape index (κ2) is 8.51. The Morgan fingerprint density at radius 2 is 1.85 bits per heavy atom. The fourth-order valence-corrected chi connectivity index (χ4v) is 4.72. The summed E-state index contributed by atoms with van der Waals surface area (Å²) in [5.41, 5.74) is 4.49. The summed E-state index contributed by atoms with van der Waals surface area (Å²) in [6.07, 6.45) is 0.376. The smallest absolute Gasteiger partial charge is 0.258 e. The van der Waals surface area contributed by atoms with Crippen molar-refractivity contribution in [2.75, 3.05) is 31.1 Å². The molecule has 2 aliphatic heterocycles. The number of benzene rings is 2. The number of phenols is 1. The molecule has 3 heterocycles.